The molecule has 3 rings (SSSR count). The van der Waals surface area contributed by atoms with Gasteiger partial charge in [0.15, 0.2) is 6.61 Å². The fourth-order valence-corrected chi connectivity index (χ4v) is 3.09. The molecule has 0 aliphatic heterocycles. The normalized spacial score (nSPS) is 14.6. The van der Waals surface area contributed by atoms with Crippen LogP contribution in [0.4, 0.5) is 4.39 Å². The summed E-state index contributed by atoms with van der Waals surface area (Å²) in [6, 6.07) is 12.2. The molecule has 2 aromatic carbocycles. The number of hydrogen-bond acceptors (Lipinski definition) is 2. The monoisotopic (exact) mass is 327 g/mol. The van der Waals surface area contributed by atoms with Gasteiger partial charge in [0.25, 0.3) is 5.91 Å². The van der Waals surface area contributed by atoms with Gasteiger partial charge in [0, 0.05) is 6.07 Å². The molecule has 0 saturated carbocycles. The zero-order valence-corrected chi connectivity index (χ0v) is 13.8. The first-order valence-electron chi connectivity index (χ1n) is 8.41. The van der Waals surface area contributed by atoms with Crippen LogP contribution in [0.2, 0.25) is 0 Å². The molecule has 0 fully saturated rings. The van der Waals surface area contributed by atoms with E-state index in [0.29, 0.717) is 5.75 Å². The third-order valence-electron chi connectivity index (χ3n) is 4.42. The number of amides is 1. The van der Waals surface area contributed by atoms with E-state index in [1.54, 1.807) is 12.1 Å². The number of aryl methyl sites for hydroxylation is 2. The molecule has 1 amide bonds. The average Bonchev–Trinajstić information content (AvgIpc) is 2.59. The van der Waals surface area contributed by atoms with Gasteiger partial charge in [-0.2, -0.15) is 0 Å². The van der Waals surface area contributed by atoms with Crippen LogP contribution in [0.5, 0.6) is 5.75 Å². The molecule has 24 heavy (non-hydrogen) atoms. The first kappa shape index (κ1) is 16.5. The van der Waals surface area contributed by atoms with Gasteiger partial charge in [-0.25, -0.2) is 4.39 Å². The molecule has 0 spiro atoms. The van der Waals surface area contributed by atoms with Crippen molar-refractivity contribution in [2.24, 2.45) is 0 Å². The van der Waals surface area contributed by atoms with E-state index in [2.05, 4.69) is 23.5 Å². The van der Waals surface area contributed by atoms with E-state index in [0.717, 1.165) is 18.4 Å². The van der Waals surface area contributed by atoms with E-state index < -0.39 is 0 Å². The van der Waals surface area contributed by atoms with Crippen molar-refractivity contribution in [1.29, 1.82) is 0 Å². The number of benzene rings is 2. The molecule has 1 N–H and O–H groups in total. The number of ether oxygens (including phenoxy) is 1. The summed E-state index contributed by atoms with van der Waals surface area (Å²) >= 11 is 0. The first-order valence-corrected chi connectivity index (χ1v) is 8.41. The third kappa shape index (κ3) is 4.13. The molecule has 4 heteroatoms. The van der Waals surface area contributed by atoms with Crippen molar-refractivity contribution in [1.82, 2.24) is 5.32 Å². The van der Waals surface area contributed by atoms with E-state index in [4.69, 9.17) is 4.74 Å². The Morgan fingerprint density at radius 3 is 2.75 bits per heavy atom. The number of carbonyl (C=O) groups is 1. The van der Waals surface area contributed by atoms with Crippen LogP contribution in [0.3, 0.4) is 0 Å². The minimum Gasteiger partial charge on any atom is -0.484 e. The highest BCUT2D eigenvalue weighted by molar-refractivity contribution is 5.78. The Bertz CT molecular complexity index is 729. The first-order chi connectivity index (χ1) is 11.6. The van der Waals surface area contributed by atoms with Crippen LogP contribution in [-0.2, 0) is 17.6 Å². The molecule has 1 atom stereocenters. The average molecular weight is 327 g/mol. The molecule has 1 aliphatic rings. The topological polar surface area (TPSA) is 38.3 Å². The van der Waals surface area contributed by atoms with Gasteiger partial charge in [-0.1, -0.05) is 24.3 Å². The molecule has 1 aliphatic carbocycles. The summed E-state index contributed by atoms with van der Waals surface area (Å²) in [5, 5.41) is 2.93. The summed E-state index contributed by atoms with van der Waals surface area (Å²) < 4.78 is 18.4. The van der Waals surface area contributed by atoms with E-state index in [-0.39, 0.29) is 24.4 Å². The smallest absolute Gasteiger partial charge is 0.258 e. The molecule has 0 heterocycles. The predicted molar refractivity (Wildman–Crippen MR) is 91.5 cm³/mol. The lowest BCUT2D eigenvalue weighted by atomic mass is 9.89. The summed E-state index contributed by atoms with van der Waals surface area (Å²) in [7, 11) is 0. The van der Waals surface area contributed by atoms with Gasteiger partial charge in [0.2, 0.25) is 0 Å². The highest BCUT2D eigenvalue weighted by Crippen LogP contribution is 2.24. The van der Waals surface area contributed by atoms with Crippen LogP contribution in [-0.4, -0.2) is 12.5 Å². The number of fused-ring (bicyclic) bond motifs is 1. The maximum Gasteiger partial charge on any atom is 0.258 e. The Morgan fingerprint density at radius 2 is 1.96 bits per heavy atom. The van der Waals surface area contributed by atoms with Crippen molar-refractivity contribution in [2.45, 2.75) is 38.6 Å². The lowest BCUT2D eigenvalue weighted by molar-refractivity contribution is -0.123. The van der Waals surface area contributed by atoms with Crippen LogP contribution in [0.15, 0.2) is 42.5 Å². The van der Waals surface area contributed by atoms with Gasteiger partial charge in [-0.3, -0.25) is 4.79 Å². The maximum atomic E-state index is 13.1. The molecule has 0 bridgehead atoms. The van der Waals surface area contributed by atoms with E-state index in [1.807, 2.05) is 6.92 Å². The number of hydrogen-bond donors (Lipinski definition) is 1. The van der Waals surface area contributed by atoms with Crippen molar-refractivity contribution in [3.05, 3.63) is 65.0 Å². The molecule has 2 aromatic rings. The van der Waals surface area contributed by atoms with Crippen LogP contribution in [0.1, 0.15) is 42.5 Å². The fraction of sp³-hybridized carbons (Fsp3) is 0.350. The number of nitrogens with one attached hydrogen (secondary N) is 1. The molecule has 0 radical (unpaired) electrons. The van der Waals surface area contributed by atoms with Gasteiger partial charge in [-0.15, -0.1) is 0 Å². The summed E-state index contributed by atoms with van der Waals surface area (Å²) in [6.07, 6.45) is 4.76. The summed E-state index contributed by atoms with van der Waals surface area (Å²) in [6.45, 7) is 1.84. The van der Waals surface area contributed by atoms with Gasteiger partial charge >= 0.3 is 0 Å². The van der Waals surface area contributed by atoms with Crippen molar-refractivity contribution >= 4 is 5.91 Å². The zero-order chi connectivity index (χ0) is 16.9. The lowest BCUT2D eigenvalue weighted by Gasteiger charge is -2.20. The predicted octanol–water partition coefficient (Wildman–Crippen LogP) is 3.96. The minimum atomic E-state index is -0.379. The quantitative estimate of drug-likeness (QED) is 0.903. The molecule has 0 unspecified atom stereocenters. The zero-order valence-electron chi connectivity index (χ0n) is 13.8. The Balaban J connectivity index is 1.56. The van der Waals surface area contributed by atoms with Gasteiger partial charge in [-0.05, 0) is 61.4 Å². The van der Waals surface area contributed by atoms with Crippen molar-refractivity contribution < 1.29 is 13.9 Å². The number of halogens is 1. The highest BCUT2D eigenvalue weighted by atomic mass is 19.1. The molecule has 126 valence electrons. The number of rotatable bonds is 5. The lowest BCUT2D eigenvalue weighted by Crippen LogP contribution is -2.31. The van der Waals surface area contributed by atoms with Crippen LogP contribution in [0, 0.1) is 5.82 Å². The fourth-order valence-electron chi connectivity index (χ4n) is 3.09. The molecular formula is C20H22FNO2. The Labute approximate surface area is 141 Å². The van der Waals surface area contributed by atoms with Gasteiger partial charge in [0.1, 0.15) is 11.6 Å². The number of carbonyl (C=O) groups excluding carboxylic acids is 1. The Morgan fingerprint density at radius 1 is 1.17 bits per heavy atom. The SMILES string of the molecule is C[C@@H](NC(=O)COc1cccc(F)c1)c1ccc2c(c1)CCCC2. The Kier molecular flexibility index (Phi) is 5.14. The van der Waals surface area contributed by atoms with Crippen LogP contribution < -0.4 is 10.1 Å². The summed E-state index contributed by atoms with van der Waals surface area (Å²) in [5.74, 6) is -0.244. The van der Waals surface area contributed by atoms with Crippen LogP contribution >= 0.6 is 0 Å². The second kappa shape index (κ2) is 7.47. The van der Waals surface area contributed by atoms with Gasteiger partial charge < -0.3 is 10.1 Å². The highest BCUT2D eigenvalue weighted by Gasteiger charge is 2.14. The van der Waals surface area contributed by atoms with Crippen molar-refractivity contribution in [2.75, 3.05) is 6.61 Å². The second-order valence-electron chi connectivity index (χ2n) is 6.27. The summed E-state index contributed by atoms with van der Waals surface area (Å²) in [4.78, 5) is 12.0. The molecule has 3 nitrogen and oxygen atoms in total. The van der Waals surface area contributed by atoms with E-state index >= 15 is 0 Å². The standard InChI is InChI=1S/C20H22FNO2/c1-14(16-10-9-15-5-2-3-6-17(15)11-16)22-20(23)13-24-19-8-4-7-18(21)12-19/h4,7-12,14H,2-3,5-6,13H2,1H3,(H,22,23)/t14-/m1/s1. The van der Waals surface area contributed by atoms with E-state index in [1.165, 1.54) is 36.1 Å². The summed E-state index contributed by atoms with van der Waals surface area (Å²) in [5.41, 5.74) is 3.93. The maximum absolute atomic E-state index is 13.1. The van der Waals surface area contributed by atoms with Crippen molar-refractivity contribution in [3.63, 3.8) is 0 Å². The molecular weight excluding hydrogens is 305 g/mol. The van der Waals surface area contributed by atoms with Crippen molar-refractivity contribution in [3.8, 4) is 5.75 Å². The molecule has 0 aromatic heterocycles. The van der Waals surface area contributed by atoms with Gasteiger partial charge in [0.05, 0.1) is 6.04 Å². The molecule has 0 saturated heterocycles. The third-order valence-corrected chi connectivity index (χ3v) is 4.42. The largest absolute Gasteiger partial charge is 0.484 e. The minimum absolute atomic E-state index is 0.0826. The second-order valence-corrected chi connectivity index (χ2v) is 6.27. The van der Waals surface area contributed by atoms with E-state index in [9.17, 15) is 9.18 Å². The van der Waals surface area contributed by atoms with Crippen LogP contribution in [0.25, 0.3) is 0 Å². The Hall–Kier alpha value is -2.36.